The van der Waals surface area contributed by atoms with Crippen molar-refractivity contribution in [2.24, 2.45) is 0 Å². The summed E-state index contributed by atoms with van der Waals surface area (Å²) < 4.78 is 3.02. The Morgan fingerprint density at radius 1 is 0.526 bits per heavy atom. The molecule has 0 spiro atoms. The van der Waals surface area contributed by atoms with E-state index in [0.717, 1.165) is 0 Å². The van der Waals surface area contributed by atoms with Gasteiger partial charge in [-0.2, -0.15) is 0 Å². The minimum atomic E-state index is 0.455. The SMILES string of the molecule is c1ccc(-c2ccc3c(c2)[se]c2ccccc23)cc1. The molecular weight excluding hydrogens is 295 g/mol. The third kappa shape index (κ3) is 1.83. The predicted octanol–water partition coefficient (Wildman–Crippen LogP) is 4.72. The molecule has 4 aromatic rings. The minimum absolute atomic E-state index is 0.455. The molecule has 0 aliphatic carbocycles. The standard InChI is InChI=1S/C18H12Se/c1-2-6-13(7-3-1)14-10-11-16-15-8-4-5-9-17(15)19-18(16)12-14/h1-12H. The molecule has 0 N–H and O–H groups in total. The van der Waals surface area contributed by atoms with Gasteiger partial charge >= 0.3 is 118 Å². The molecule has 4 rings (SSSR count). The molecule has 0 saturated heterocycles. The van der Waals surface area contributed by atoms with E-state index in [-0.39, 0.29) is 0 Å². The van der Waals surface area contributed by atoms with E-state index in [1.54, 1.807) is 0 Å². The van der Waals surface area contributed by atoms with Crippen molar-refractivity contribution in [1.82, 2.24) is 0 Å². The van der Waals surface area contributed by atoms with E-state index in [9.17, 15) is 0 Å². The number of benzene rings is 3. The first-order chi connectivity index (χ1) is 9.42. The maximum absolute atomic E-state index is 2.37. The summed E-state index contributed by atoms with van der Waals surface area (Å²) in [6.07, 6.45) is 0. The Hall–Kier alpha value is -1.82. The van der Waals surface area contributed by atoms with Crippen molar-refractivity contribution in [3.05, 3.63) is 72.8 Å². The molecule has 1 heteroatoms. The normalized spacial score (nSPS) is 11.2. The number of hydrogen-bond acceptors (Lipinski definition) is 0. The van der Waals surface area contributed by atoms with Crippen LogP contribution < -0.4 is 0 Å². The van der Waals surface area contributed by atoms with Crippen molar-refractivity contribution in [3.8, 4) is 11.1 Å². The molecule has 0 unspecified atom stereocenters. The van der Waals surface area contributed by atoms with Gasteiger partial charge in [0.1, 0.15) is 0 Å². The third-order valence-electron chi connectivity index (χ3n) is 3.49. The van der Waals surface area contributed by atoms with Crippen LogP contribution >= 0.6 is 0 Å². The first-order valence-corrected chi connectivity index (χ1v) is 8.10. The van der Waals surface area contributed by atoms with E-state index in [4.69, 9.17) is 0 Å². The molecule has 90 valence electrons. The zero-order valence-corrected chi connectivity index (χ0v) is 12.0. The second kappa shape index (κ2) is 4.38. The van der Waals surface area contributed by atoms with Crippen molar-refractivity contribution in [2.45, 2.75) is 0 Å². The van der Waals surface area contributed by atoms with Crippen LogP contribution in [0.1, 0.15) is 0 Å². The molecule has 0 saturated carbocycles. The molecule has 0 aliphatic heterocycles. The average Bonchev–Trinajstić information content (AvgIpc) is 2.86. The summed E-state index contributed by atoms with van der Waals surface area (Å²) >= 11 is 0.455. The van der Waals surface area contributed by atoms with Crippen LogP contribution in [0.4, 0.5) is 0 Å². The summed E-state index contributed by atoms with van der Waals surface area (Å²) in [6.45, 7) is 0. The zero-order chi connectivity index (χ0) is 12.7. The van der Waals surface area contributed by atoms with Crippen LogP contribution in [0.3, 0.4) is 0 Å². The van der Waals surface area contributed by atoms with E-state index in [2.05, 4.69) is 72.8 Å². The van der Waals surface area contributed by atoms with Crippen molar-refractivity contribution in [1.29, 1.82) is 0 Å². The monoisotopic (exact) mass is 308 g/mol. The zero-order valence-electron chi connectivity index (χ0n) is 10.3. The molecule has 1 heterocycles. The van der Waals surface area contributed by atoms with Crippen LogP contribution in [-0.4, -0.2) is 14.5 Å². The summed E-state index contributed by atoms with van der Waals surface area (Å²) in [6, 6.07) is 26.3. The Balaban J connectivity index is 1.99. The summed E-state index contributed by atoms with van der Waals surface area (Å²) in [5.41, 5.74) is 2.63. The van der Waals surface area contributed by atoms with Gasteiger partial charge in [0.05, 0.1) is 0 Å². The average molecular weight is 307 g/mol. The number of hydrogen-bond donors (Lipinski definition) is 0. The van der Waals surface area contributed by atoms with Gasteiger partial charge in [0.25, 0.3) is 0 Å². The molecule has 0 fully saturated rings. The fourth-order valence-corrected chi connectivity index (χ4v) is 4.94. The van der Waals surface area contributed by atoms with E-state index in [1.165, 1.54) is 30.4 Å². The van der Waals surface area contributed by atoms with Crippen LogP contribution in [0.5, 0.6) is 0 Å². The van der Waals surface area contributed by atoms with Gasteiger partial charge in [-0.05, 0) is 0 Å². The van der Waals surface area contributed by atoms with Crippen LogP contribution in [0.2, 0.25) is 0 Å². The van der Waals surface area contributed by atoms with Gasteiger partial charge in [-0.3, -0.25) is 0 Å². The van der Waals surface area contributed by atoms with Gasteiger partial charge in [0.2, 0.25) is 0 Å². The van der Waals surface area contributed by atoms with E-state index in [1.807, 2.05) is 0 Å². The first kappa shape index (κ1) is 11.0. The van der Waals surface area contributed by atoms with Gasteiger partial charge in [-0.1, -0.05) is 0 Å². The fraction of sp³-hybridized carbons (Fsp3) is 0. The molecule has 3 aromatic carbocycles. The number of fused-ring (bicyclic) bond motifs is 3. The molecule has 0 nitrogen and oxygen atoms in total. The van der Waals surface area contributed by atoms with Gasteiger partial charge in [-0.15, -0.1) is 0 Å². The van der Waals surface area contributed by atoms with Crippen LogP contribution in [0.25, 0.3) is 30.4 Å². The topological polar surface area (TPSA) is 0 Å². The molecule has 0 amide bonds. The maximum atomic E-state index is 2.37. The molecule has 0 radical (unpaired) electrons. The molecule has 1 aromatic heterocycles. The molecule has 0 bridgehead atoms. The Morgan fingerprint density at radius 2 is 1.26 bits per heavy atom. The van der Waals surface area contributed by atoms with Crippen molar-refractivity contribution in [2.75, 3.05) is 0 Å². The van der Waals surface area contributed by atoms with Gasteiger partial charge in [0.15, 0.2) is 0 Å². The van der Waals surface area contributed by atoms with Crippen LogP contribution in [0.15, 0.2) is 72.8 Å². The number of rotatable bonds is 1. The van der Waals surface area contributed by atoms with Crippen molar-refractivity contribution in [3.63, 3.8) is 0 Å². The van der Waals surface area contributed by atoms with Crippen LogP contribution in [0, 0.1) is 0 Å². The first-order valence-electron chi connectivity index (χ1n) is 6.38. The second-order valence-corrected chi connectivity index (χ2v) is 6.95. The predicted molar refractivity (Wildman–Crippen MR) is 83.8 cm³/mol. The third-order valence-corrected chi connectivity index (χ3v) is 5.86. The van der Waals surface area contributed by atoms with E-state index < -0.39 is 0 Å². The Morgan fingerprint density at radius 3 is 2.16 bits per heavy atom. The Bertz CT molecular complexity index is 857. The molecule has 0 atom stereocenters. The Labute approximate surface area is 118 Å². The quantitative estimate of drug-likeness (QED) is 0.446. The summed E-state index contributed by atoms with van der Waals surface area (Å²) in [4.78, 5) is 0. The van der Waals surface area contributed by atoms with Gasteiger partial charge < -0.3 is 0 Å². The summed E-state index contributed by atoms with van der Waals surface area (Å²) in [5.74, 6) is 0. The van der Waals surface area contributed by atoms with Crippen LogP contribution in [-0.2, 0) is 0 Å². The van der Waals surface area contributed by atoms with Gasteiger partial charge in [0, 0.05) is 0 Å². The second-order valence-electron chi connectivity index (χ2n) is 4.68. The van der Waals surface area contributed by atoms with Crippen molar-refractivity contribution >= 4 is 33.8 Å². The Kier molecular flexibility index (Phi) is 2.55. The van der Waals surface area contributed by atoms with Crippen molar-refractivity contribution < 1.29 is 0 Å². The van der Waals surface area contributed by atoms with E-state index in [0.29, 0.717) is 14.5 Å². The molecule has 19 heavy (non-hydrogen) atoms. The summed E-state index contributed by atoms with van der Waals surface area (Å²) in [7, 11) is 0. The molecular formula is C18H12Se. The molecule has 0 aliphatic rings. The van der Waals surface area contributed by atoms with E-state index >= 15 is 0 Å². The summed E-state index contributed by atoms with van der Waals surface area (Å²) in [5, 5.41) is 2.85. The fourth-order valence-electron chi connectivity index (χ4n) is 2.54. The van der Waals surface area contributed by atoms with Gasteiger partial charge in [-0.25, -0.2) is 0 Å².